The van der Waals surface area contributed by atoms with Crippen LogP contribution in [0.15, 0.2) is 53.5 Å². The quantitative estimate of drug-likeness (QED) is 0.337. The van der Waals surface area contributed by atoms with E-state index in [0.29, 0.717) is 12.6 Å². The van der Waals surface area contributed by atoms with Crippen LogP contribution in [-0.4, -0.2) is 44.4 Å². The van der Waals surface area contributed by atoms with Crippen molar-refractivity contribution < 1.29 is 9.84 Å². The van der Waals surface area contributed by atoms with E-state index in [1.807, 2.05) is 12.1 Å². The molecule has 2 aromatic rings. The standard InChI is InChI=1S/C21H28N4O2.HI/c1-22-21(23-15-16-14-19(27-2)8-9-20(16)26)24-17-10-12-25(13-11-17)18-6-4-3-5-7-18;/h3-9,14,17,26H,10-13,15H2,1-2H3,(H2,22,23,24);1H. The number of halogens is 1. The fourth-order valence-corrected chi connectivity index (χ4v) is 3.32. The van der Waals surface area contributed by atoms with Gasteiger partial charge in [0.2, 0.25) is 0 Å². The van der Waals surface area contributed by atoms with Gasteiger partial charge in [0.25, 0.3) is 0 Å². The number of hydrogen-bond acceptors (Lipinski definition) is 4. The van der Waals surface area contributed by atoms with Crippen molar-refractivity contribution in [3.8, 4) is 11.5 Å². The van der Waals surface area contributed by atoms with Gasteiger partial charge in [0.15, 0.2) is 5.96 Å². The highest BCUT2D eigenvalue weighted by molar-refractivity contribution is 14.0. The van der Waals surface area contributed by atoms with Gasteiger partial charge in [0, 0.05) is 44.0 Å². The normalized spacial score (nSPS) is 14.9. The van der Waals surface area contributed by atoms with Crippen LogP contribution in [0.1, 0.15) is 18.4 Å². The van der Waals surface area contributed by atoms with Crippen LogP contribution in [0.2, 0.25) is 0 Å². The monoisotopic (exact) mass is 496 g/mol. The second-order valence-corrected chi connectivity index (χ2v) is 6.66. The van der Waals surface area contributed by atoms with E-state index in [4.69, 9.17) is 4.74 Å². The minimum atomic E-state index is 0. The van der Waals surface area contributed by atoms with Gasteiger partial charge >= 0.3 is 0 Å². The Bertz CT molecular complexity index is 762. The maximum Gasteiger partial charge on any atom is 0.191 e. The summed E-state index contributed by atoms with van der Waals surface area (Å²) in [4.78, 5) is 6.73. The summed E-state index contributed by atoms with van der Waals surface area (Å²) in [5, 5.41) is 16.8. The minimum Gasteiger partial charge on any atom is -0.508 e. The van der Waals surface area contributed by atoms with Crippen molar-refractivity contribution in [2.75, 3.05) is 32.1 Å². The van der Waals surface area contributed by atoms with Gasteiger partial charge in [0.1, 0.15) is 11.5 Å². The summed E-state index contributed by atoms with van der Waals surface area (Å²) in [6.45, 7) is 2.52. The molecule has 0 bridgehead atoms. The van der Waals surface area contributed by atoms with Crippen LogP contribution in [0.5, 0.6) is 11.5 Å². The predicted molar refractivity (Wildman–Crippen MR) is 125 cm³/mol. The SMILES string of the molecule is CN=C(NCc1cc(OC)ccc1O)NC1CCN(c2ccccc2)CC1.I. The predicted octanol–water partition coefficient (Wildman–Crippen LogP) is 3.35. The fraction of sp³-hybridized carbons (Fsp3) is 0.381. The van der Waals surface area contributed by atoms with E-state index in [0.717, 1.165) is 43.2 Å². The van der Waals surface area contributed by atoms with Gasteiger partial charge in [-0.05, 0) is 43.2 Å². The molecule has 1 aliphatic heterocycles. The molecule has 0 aromatic heterocycles. The van der Waals surface area contributed by atoms with E-state index < -0.39 is 0 Å². The molecule has 7 heteroatoms. The number of methoxy groups -OCH3 is 1. The molecule has 0 radical (unpaired) electrons. The average Bonchev–Trinajstić information content (AvgIpc) is 2.73. The summed E-state index contributed by atoms with van der Waals surface area (Å²) in [5.41, 5.74) is 2.06. The number of hydrogen-bond donors (Lipinski definition) is 3. The molecule has 1 saturated heterocycles. The third-order valence-corrected chi connectivity index (χ3v) is 4.91. The Morgan fingerprint density at radius 2 is 1.89 bits per heavy atom. The molecule has 0 saturated carbocycles. The number of aromatic hydroxyl groups is 1. The summed E-state index contributed by atoms with van der Waals surface area (Å²) in [5.74, 6) is 1.71. The number of phenols is 1. The second-order valence-electron chi connectivity index (χ2n) is 6.66. The first-order valence-electron chi connectivity index (χ1n) is 9.32. The third-order valence-electron chi connectivity index (χ3n) is 4.91. The molecule has 6 nitrogen and oxygen atoms in total. The first-order chi connectivity index (χ1) is 13.2. The zero-order valence-corrected chi connectivity index (χ0v) is 18.7. The molecule has 3 N–H and O–H groups in total. The van der Waals surface area contributed by atoms with Crippen molar-refractivity contribution in [2.45, 2.75) is 25.4 Å². The largest absolute Gasteiger partial charge is 0.508 e. The molecule has 1 fully saturated rings. The molecule has 28 heavy (non-hydrogen) atoms. The van der Waals surface area contributed by atoms with Gasteiger partial charge in [-0.2, -0.15) is 0 Å². The van der Waals surface area contributed by atoms with Crippen LogP contribution < -0.4 is 20.3 Å². The van der Waals surface area contributed by atoms with Crippen molar-refractivity contribution in [1.29, 1.82) is 0 Å². The van der Waals surface area contributed by atoms with E-state index in [9.17, 15) is 5.11 Å². The van der Waals surface area contributed by atoms with Crippen LogP contribution in [0, 0.1) is 0 Å². The summed E-state index contributed by atoms with van der Waals surface area (Å²) >= 11 is 0. The Hall–Kier alpha value is -2.16. The number of ether oxygens (including phenoxy) is 1. The lowest BCUT2D eigenvalue weighted by Crippen LogP contribution is -2.48. The molecule has 2 aromatic carbocycles. The number of rotatable bonds is 5. The highest BCUT2D eigenvalue weighted by Gasteiger charge is 2.20. The Morgan fingerprint density at radius 3 is 2.54 bits per heavy atom. The number of anilines is 1. The van der Waals surface area contributed by atoms with E-state index in [-0.39, 0.29) is 29.7 Å². The lowest BCUT2D eigenvalue weighted by atomic mass is 10.0. The summed E-state index contributed by atoms with van der Waals surface area (Å²) in [7, 11) is 3.38. The average molecular weight is 496 g/mol. The third kappa shape index (κ3) is 5.92. The van der Waals surface area contributed by atoms with Gasteiger partial charge in [-0.25, -0.2) is 0 Å². The zero-order valence-electron chi connectivity index (χ0n) is 16.4. The second kappa shape index (κ2) is 11.0. The molecule has 0 atom stereocenters. The molecule has 0 aliphatic carbocycles. The summed E-state index contributed by atoms with van der Waals surface area (Å²) in [6.07, 6.45) is 2.11. The van der Waals surface area contributed by atoms with E-state index >= 15 is 0 Å². The highest BCUT2D eigenvalue weighted by Crippen LogP contribution is 2.23. The molecule has 3 rings (SSSR count). The van der Waals surface area contributed by atoms with Gasteiger partial charge < -0.3 is 25.4 Å². The molecule has 152 valence electrons. The Morgan fingerprint density at radius 1 is 1.18 bits per heavy atom. The summed E-state index contributed by atoms with van der Waals surface area (Å²) in [6, 6.07) is 16.1. The van der Waals surface area contributed by atoms with Crippen molar-refractivity contribution in [3.63, 3.8) is 0 Å². The topological polar surface area (TPSA) is 69.1 Å². The van der Waals surface area contributed by atoms with Gasteiger partial charge in [-0.15, -0.1) is 24.0 Å². The molecule has 0 unspecified atom stereocenters. The number of nitrogens with zero attached hydrogens (tertiary/aromatic N) is 2. The van der Waals surface area contributed by atoms with Gasteiger partial charge in [0.05, 0.1) is 7.11 Å². The van der Waals surface area contributed by atoms with E-state index in [1.54, 1.807) is 26.3 Å². The Labute approximate surface area is 184 Å². The summed E-state index contributed by atoms with van der Waals surface area (Å²) < 4.78 is 5.22. The molecule has 0 amide bonds. The van der Waals surface area contributed by atoms with Crippen molar-refractivity contribution in [3.05, 3.63) is 54.1 Å². The van der Waals surface area contributed by atoms with Crippen LogP contribution in [0.3, 0.4) is 0 Å². The molecule has 1 aliphatic rings. The van der Waals surface area contributed by atoms with E-state index in [2.05, 4.69) is 44.8 Å². The first kappa shape index (κ1) is 22.1. The maximum atomic E-state index is 10.0. The van der Waals surface area contributed by atoms with Crippen molar-refractivity contribution >= 4 is 35.6 Å². The maximum absolute atomic E-state index is 10.0. The van der Waals surface area contributed by atoms with Crippen molar-refractivity contribution in [2.24, 2.45) is 4.99 Å². The minimum absolute atomic E-state index is 0. The smallest absolute Gasteiger partial charge is 0.191 e. The van der Waals surface area contributed by atoms with Crippen molar-refractivity contribution in [1.82, 2.24) is 10.6 Å². The van der Waals surface area contributed by atoms with Crippen LogP contribution >= 0.6 is 24.0 Å². The number of benzene rings is 2. The lowest BCUT2D eigenvalue weighted by Gasteiger charge is -2.34. The van der Waals surface area contributed by atoms with E-state index in [1.165, 1.54) is 5.69 Å². The number of para-hydroxylation sites is 1. The van der Waals surface area contributed by atoms with Gasteiger partial charge in [-0.1, -0.05) is 18.2 Å². The molecule has 1 heterocycles. The first-order valence-corrected chi connectivity index (χ1v) is 9.32. The van der Waals surface area contributed by atoms with Crippen LogP contribution in [-0.2, 0) is 6.54 Å². The van der Waals surface area contributed by atoms with Crippen LogP contribution in [0.25, 0.3) is 0 Å². The van der Waals surface area contributed by atoms with Crippen LogP contribution in [0.4, 0.5) is 5.69 Å². The number of piperidine rings is 1. The number of nitrogens with one attached hydrogen (secondary N) is 2. The lowest BCUT2D eigenvalue weighted by molar-refractivity contribution is 0.410. The number of phenolic OH excluding ortho intramolecular Hbond substituents is 1. The molecular formula is C21H29IN4O2. The zero-order chi connectivity index (χ0) is 19.1. The van der Waals surface area contributed by atoms with Gasteiger partial charge in [-0.3, -0.25) is 4.99 Å². The molecule has 0 spiro atoms. The number of guanidine groups is 1. The Balaban J connectivity index is 0.00000280. The highest BCUT2D eigenvalue weighted by atomic mass is 127. The number of aliphatic imine (C=N–C) groups is 1. The Kier molecular flexibility index (Phi) is 8.69. The fourth-order valence-electron chi connectivity index (χ4n) is 3.32. The molecular weight excluding hydrogens is 467 g/mol.